The van der Waals surface area contributed by atoms with Crippen LogP contribution in [0, 0.1) is 6.92 Å². The van der Waals surface area contributed by atoms with E-state index in [-0.39, 0.29) is 6.10 Å². The number of fused-ring (bicyclic) bond motifs is 1. The predicted molar refractivity (Wildman–Crippen MR) is 104 cm³/mol. The third kappa shape index (κ3) is 3.58. The molecule has 0 saturated carbocycles. The van der Waals surface area contributed by atoms with Crippen LogP contribution in [-0.4, -0.2) is 40.8 Å². The van der Waals surface area contributed by atoms with Gasteiger partial charge in [-0.3, -0.25) is 9.59 Å². The van der Waals surface area contributed by atoms with Gasteiger partial charge in [0.2, 0.25) is 0 Å². The van der Waals surface area contributed by atoms with Gasteiger partial charge in [-0.05, 0) is 30.7 Å². The summed E-state index contributed by atoms with van der Waals surface area (Å²) in [4.78, 5) is 30.1. The topological polar surface area (TPSA) is 62.4 Å². The smallest absolute Gasteiger partial charge is 0.295 e. The summed E-state index contributed by atoms with van der Waals surface area (Å²) in [6, 6.07) is 15.5. The zero-order valence-corrected chi connectivity index (χ0v) is 15.3. The van der Waals surface area contributed by atoms with Crippen molar-refractivity contribution in [1.82, 2.24) is 9.88 Å². The summed E-state index contributed by atoms with van der Waals surface area (Å²) in [5, 5.41) is 0.786. The third-order valence-corrected chi connectivity index (χ3v) is 5.05. The molecule has 1 aromatic heterocycles. The highest BCUT2D eigenvalue weighted by Crippen LogP contribution is 2.22. The van der Waals surface area contributed by atoms with Gasteiger partial charge in [-0.15, -0.1) is 0 Å². The number of ether oxygens (including phenoxy) is 1. The van der Waals surface area contributed by atoms with Crippen LogP contribution >= 0.6 is 0 Å². The van der Waals surface area contributed by atoms with Crippen molar-refractivity contribution < 1.29 is 14.3 Å². The van der Waals surface area contributed by atoms with Gasteiger partial charge < -0.3 is 14.6 Å². The Morgan fingerprint density at radius 3 is 2.63 bits per heavy atom. The van der Waals surface area contributed by atoms with E-state index in [0.717, 1.165) is 35.1 Å². The van der Waals surface area contributed by atoms with Crippen LogP contribution in [0.4, 0.5) is 0 Å². The van der Waals surface area contributed by atoms with E-state index in [1.807, 2.05) is 55.5 Å². The third-order valence-electron chi connectivity index (χ3n) is 5.05. The minimum atomic E-state index is -0.453. The van der Waals surface area contributed by atoms with Crippen molar-refractivity contribution in [3.05, 3.63) is 65.9 Å². The Bertz CT molecular complexity index is 984. The number of nitrogens with one attached hydrogen (secondary N) is 1. The number of H-pyrrole nitrogens is 1. The summed E-state index contributed by atoms with van der Waals surface area (Å²) in [6.45, 7) is 3.09. The number of piperidine rings is 1. The first-order chi connectivity index (χ1) is 13.1. The summed E-state index contributed by atoms with van der Waals surface area (Å²) < 4.78 is 6.03. The predicted octanol–water partition coefficient (Wildman–Crippen LogP) is 3.73. The number of para-hydroxylation sites is 1. The number of amides is 1. The number of aromatic nitrogens is 1. The number of aromatic amines is 1. The minimum absolute atomic E-state index is 0.0686. The molecular weight excluding hydrogens is 340 g/mol. The van der Waals surface area contributed by atoms with Crippen LogP contribution in [0.2, 0.25) is 0 Å². The number of rotatable bonds is 4. The first-order valence-electron chi connectivity index (χ1n) is 9.25. The zero-order chi connectivity index (χ0) is 18.8. The summed E-state index contributed by atoms with van der Waals surface area (Å²) >= 11 is 0. The summed E-state index contributed by atoms with van der Waals surface area (Å²) in [5.74, 6) is -0.0334. The van der Waals surface area contributed by atoms with Crippen molar-refractivity contribution in [1.29, 1.82) is 0 Å². The van der Waals surface area contributed by atoms with Crippen LogP contribution in [0.25, 0.3) is 10.9 Å². The molecule has 0 aliphatic carbocycles. The average Bonchev–Trinajstić information content (AvgIpc) is 3.12. The zero-order valence-electron chi connectivity index (χ0n) is 15.3. The normalized spacial score (nSPS) is 15.1. The molecule has 1 N–H and O–H groups in total. The van der Waals surface area contributed by atoms with Gasteiger partial charge in [0.05, 0.1) is 5.56 Å². The number of carbonyl (C=O) groups is 2. The van der Waals surface area contributed by atoms with Crippen molar-refractivity contribution in [2.24, 2.45) is 0 Å². The molecule has 0 spiro atoms. The summed E-state index contributed by atoms with van der Waals surface area (Å²) in [5.41, 5.74) is 2.46. The van der Waals surface area contributed by atoms with Gasteiger partial charge in [-0.2, -0.15) is 0 Å². The quantitative estimate of drug-likeness (QED) is 0.568. The van der Waals surface area contributed by atoms with Gasteiger partial charge in [0, 0.05) is 43.0 Å². The van der Waals surface area contributed by atoms with Crippen LogP contribution in [0.5, 0.6) is 5.75 Å². The number of likely N-dealkylation sites (tertiary alicyclic amines) is 1. The van der Waals surface area contributed by atoms with E-state index in [0.29, 0.717) is 18.7 Å². The van der Waals surface area contributed by atoms with Crippen molar-refractivity contribution in [2.75, 3.05) is 13.1 Å². The first kappa shape index (κ1) is 17.3. The largest absolute Gasteiger partial charge is 0.490 e. The highest BCUT2D eigenvalue weighted by atomic mass is 16.5. The lowest BCUT2D eigenvalue weighted by Gasteiger charge is -2.31. The Morgan fingerprint density at radius 1 is 1.07 bits per heavy atom. The van der Waals surface area contributed by atoms with E-state index in [9.17, 15) is 9.59 Å². The molecule has 4 rings (SSSR count). The molecule has 1 saturated heterocycles. The van der Waals surface area contributed by atoms with Gasteiger partial charge in [0.25, 0.3) is 11.7 Å². The molecular formula is C22H22N2O3. The molecule has 0 bridgehead atoms. The number of carbonyl (C=O) groups excluding carboxylic acids is 2. The SMILES string of the molecule is Cc1cccc(OC2CCN(C(=O)C(=O)c3c[nH]c4ccccc34)CC2)c1. The lowest BCUT2D eigenvalue weighted by atomic mass is 10.0. The number of aryl methyl sites for hydroxylation is 1. The highest BCUT2D eigenvalue weighted by molar-refractivity contribution is 6.44. The number of ketones is 1. The Hall–Kier alpha value is -3.08. The molecule has 1 amide bonds. The lowest BCUT2D eigenvalue weighted by molar-refractivity contribution is -0.128. The van der Waals surface area contributed by atoms with E-state index in [1.54, 1.807) is 11.1 Å². The molecule has 1 fully saturated rings. The van der Waals surface area contributed by atoms with Gasteiger partial charge in [0.15, 0.2) is 0 Å². The van der Waals surface area contributed by atoms with E-state index in [2.05, 4.69) is 4.98 Å². The molecule has 1 aliphatic heterocycles. The monoisotopic (exact) mass is 362 g/mol. The van der Waals surface area contributed by atoms with Gasteiger partial charge in [-0.1, -0.05) is 30.3 Å². The number of Topliss-reactive ketones (excluding diaryl/α,β-unsaturated/α-hetero) is 1. The van der Waals surface area contributed by atoms with Crippen LogP contribution in [-0.2, 0) is 4.79 Å². The van der Waals surface area contributed by atoms with Gasteiger partial charge >= 0.3 is 0 Å². The summed E-state index contributed by atoms with van der Waals surface area (Å²) in [7, 11) is 0. The molecule has 0 unspecified atom stereocenters. The Labute approximate surface area is 157 Å². The standard InChI is InChI=1S/C22H22N2O3/c1-15-5-4-6-17(13-15)27-16-9-11-24(12-10-16)22(26)21(25)19-14-23-20-8-3-2-7-18(19)20/h2-8,13-14,16,23H,9-12H2,1H3. The van der Waals surface area contributed by atoms with Crippen LogP contribution < -0.4 is 4.74 Å². The van der Waals surface area contributed by atoms with Crippen molar-refractivity contribution in [2.45, 2.75) is 25.9 Å². The molecule has 138 valence electrons. The molecule has 27 heavy (non-hydrogen) atoms. The van der Waals surface area contributed by atoms with Crippen LogP contribution in [0.1, 0.15) is 28.8 Å². The highest BCUT2D eigenvalue weighted by Gasteiger charge is 2.29. The van der Waals surface area contributed by atoms with E-state index in [4.69, 9.17) is 4.74 Å². The molecule has 3 aromatic rings. The molecule has 2 heterocycles. The number of hydrogen-bond acceptors (Lipinski definition) is 3. The van der Waals surface area contributed by atoms with Crippen molar-refractivity contribution in [3.8, 4) is 5.75 Å². The second-order valence-corrected chi connectivity index (χ2v) is 7.00. The molecule has 5 heteroatoms. The fraction of sp³-hybridized carbons (Fsp3) is 0.273. The van der Waals surface area contributed by atoms with E-state index < -0.39 is 11.7 Å². The molecule has 1 aliphatic rings. The maximum atomic E-state index is 12.7. The molecule has 0 atom stereocenters. The van der Waals surface area contributed by atoms with E-state index >= 15 is 0 Å². The van der Waals surface area contributed by atoms with E-state index in [1.165, 1.54) is 0 Å². The molecule has 0 radical (unpaired) electrons. The van der Waals surface area contributed by atoms with Gasteiger partial charge in [0.1, 0.15) is 11.9 Å². The minimum Gasteiger partial charge on any atom is -0.490 e. The fourth-order valence-corrected chi connectivity index (χ4v) is 3.58. The van der Waals surface area contributed by atoms with Crippen molar-refractivity contribution in [3.63, 3.8) is 0 Å². The Balaban J connectivity index is 1.39. The Kier molecular flexibility index (Phi) is 4.67. The molecule has 5 nitrogen and oxygen atoms in total. The fourth-order valence-electron chi connectivity index (χ4n) is 3.58. The second kappa shape index (κ2) is 7.27. The molecule has 2 aromatic carbocycles. The maximum absolute atomic E-state index is 12.7. The first-order valence-corrected chi connectivity index (χ1v) is 9.25. The maximum Gasteiger partial charge on any atom is 0.295 e. The summed E-state index contributed by atoms with van der Waals surface area (Å²) in [6.07, 6.45) is 3.14. The van der Waals surface area contributed by atoms with Gasteiger partial charge in [-0.25, -0.2) is 0 Å². The number of hydrogen-bond donors (Lipinski definition) is 1. The Morgan fingerprint density at radius 2 is 1.85 bits per heavy atom. The van der Waals surface area contributed by atoms with Crippen LogP contribution in [0.3, 0.4) is 0 Å². The number of nitrogens with zero attached hydrogens (tertiary/aromatic N) is 1. The lowest BCUT2D eigenvalue weighted by Crippen LogP contribution is -2.44. The van der Waals surface area contributed by atoms with Crippen LogP contribution in [0.15, 0.2) is 54.7 Å². The second-order valence-electron chi connectivity index (χ2n) is 7.00. The van der Waals surface area contributed by atoms with Crippen molar-refractivity contribution >= 4 is 22.6 Å². The average molecular weight is 362 g/mol. The number of benzene rings is 2.